The Morgan fingerprint density at radius 1 is 1.21 bits per heavy atom. The summed E-state index contributed by atoms with van der Waals surface area (Å²) in [4.78, 5) is 9.03. The highest BCUT2D eigenvalue weighted by Gasteiger charge is 2.08. The third-order valence-corrected chi connectivity index (χ3v) is 4.92. The van der Waals surface area contributed by atoms with Crippen LogP contribution < -0.4 is 15.4 Å². The van der Waals surface area contributed by atoms with Gasteiger partial charge in [0.05, 0.1) is 12.6 Å². The molecule has 6 heteroatoms. The maximum absolute atomic E-state index is 6.11. The van der Waals surface area contributed by atoms with Gasteiger partial charge in [-0.15, -0.1) is 0 Å². The summed E-state index contributed by atoms with van der Waals surface area (Å²) in [6, 6.07) is 6.34. The zero-order valence-corrected chi connectivity index (χ0v) is 18.7. The summed E-state index contributed by atoms with van der Waals surface area (Å²) in [5.74, 6) is 2.86. The highest BCUT2D eigenvalue weighted by atomic mass is 16.5. The van der Waals surface area contributed by atoms with E-state index >= 15 is 0 Å². The van der Waals surface area contributed by atoms with E-state index in [0.717, 1.165) is 62.0 Å². The molecule has 0 aliphatic heterocycles. The summed E-state index contributed by atoms with van der Waals surface area (Å²) < 4.78 is 8.30. The number of imidazole rings is 1. The van der Waals surface area contributed by atoms with Gasteiger partial charge in [-0.3, -0.25) is 0 Å². The van der Waals surface area contributed by atoms with Crippen molar-refractivity contribution in [3.8, 4) is 5.75 Å². The summed E-state index contributed by atoms with van der Waals surface area (Å²) in [5.41, 5.74) is 2.32. The van der Waals surface area contributed by atoms with E-state index < -0.39 is 0 Å². The van der Waals surface area contributed by atoms with E-state index in [1.54, 1.807) is 0 Å². The molecule has 2 aromatic rings. The Morgan fingerprint density at radius 3 is 2.72 bits per heavy atom. The number of nitrogens with zero attached hydrogens (tertiary/aromatic N) is 3. The van der Waals surface area contributed by atoms with Gasteiger partial charge >= 0.3 is 0 Å². The molecule has 0 bridgehead atoms. The van der Waals surface area contributed by atoms with Crippen molar-refractivity contribution in [1.82, 2.24) is 20.2 Å². The van der Waals surface area contributed by atoms with Crippen LogP contribution in [0.3, 0.4) is 0 Å². The average molecular weight is 400 g/mol. The normalized spacial score (nSPS) is 12.7. The molecule has 2 rings (SSSR count). The van der Waals surface area contributed by atoms with Crippen molar-refractivity contribution in [3.05, 3.63) is 47.5 Å². The van der Waals surface area contributed by atoms with Crippen LogP contribution in [0.15, 0.2) is 35.6 Å². The van der Waals surface area contributed by atoms with Crippen molar-refractivity contribution in [1.29, 1.82) is 0 Å². The van der Waals surface area contributed by atoms with Gasteiger partial charge in [0, 0.05) is 37.6 Å². The van der Waals surface area contributed by atoms with Crippen LogP contribution in [0.2, 0.25) is 0 Å². The predicted molar refractivity (Wildman–Crippen MR) is 121 cm³/mol. The maximum atomic E-state index is 6.11. The minimum Gasteiger partial charge on any atom is -0.490 e. The lowest BCUT2D eigenvalue weighted by Crippen LogP contribution is -2.37. The molecule has 6 nitrogen and oxygen atoms in total. The van der Waals surface area contributed by atoms with Crippen LogP contribution in [-0.2, 0) is 13.1 Å². The van der Waals surface area contributed by atoms with Gasteiger partial charge in [0.2, 0.25) is 0 Å². The smallest absolute Gasteiger partial charge is 0.191 e. The number of aromatic nitrogens is 2. The van der Waals surface area contributed by atoms with E-state index in [2.05, 4.69) is 66.1 Å². The quantitative estimate of drug-likeness (QED) is 0.337. The molecule has 1 aromatic heterocycles. The molecule has 1 heterocycles. The molecule has 0 aliphatic rings. The molecule has 1 aromatic carbocycles. The summed E-state index contributed by atoms with van der Waals surface area (Å²) in [6.07, 6.45) is 7.26. The van der Waals surface area contributed by atoms with Gasteiger partial charge in [-0.2, -0.15) is 0 Å². The Bertz CT molecular complexity index is 768. The van der Waals surface area contributed by atoms with E-state index in [1.807, 2.05) is 19.3 Å². The molecular formula is C23H37N5O. The van der Waals surface area contributed by atoms with Crippen LogP contribution in [0.1, 0.15) is 57.0 Å². The topological polar surface area (TPSA) is 63.5 Å². The molecule has 0 saturated heterocycles. The largest absolute Gasteiger partial charge is 0.490 e. The van der Waals surface area contributed by atoms with Gasteiger partial charge in [0.15, 0.2) is 5.96 Å². The van der Waals surface area contributed by atoms with Crippen molar-refractivity contribution >= 4 is 5.96 Å². The second kappa shape index (κ2) is 12.1. The second-order valence-corrected chi connectivity index (χ2v) is 7.44. The number of hydrogen-bond acceptors (Lipinski definition) is 3. The number of ether oxygens (including phenoxy) is 1. The van der Waals surface area contributed by atoms with Gasteiger partial charge < -0.3 is 19.9 Å². The zero-order valence-electron chi connectivity index (χ0n) is 18.7. The molecule has 0 saturated carbocycles. The van der Waals surface area contributed by atoms with E-state index in [9.17, 15) is 0 Å². The molecule has 160 valence electrons. The first-order chi connectivity index (χ1) is 14.0. The van der Waals surface area contributed by atoms with Crippen LogP contribution in [0, 0.1) is 13.8 Å². The van der Waals surface area contributed by atoms with Crippen LogP contribution in [-0.4, -0.2) is 34.7 Å². The lowest BCUT2D eigenvalue weighted by Gasteiger charge is -2.17. The number of rotatable bonds is 11. The van der Waals surface area contributed by atoms with E-state index in [0.29, 0.717) is 6.54 Å². The molecular weight excluding hydrogens is 362 g/mol. The monoisotopic (exact) mass is 399 g/mol. The fraction of sp³-hybridized carbons (Fsp3) is 0.565. The molecule has 0 amide bonds. The SMILES string of the molecule is CCNC(=NCc1ccc(C)cc1OC(C)CC)NCCCCn1ccnc1C. The first-order valence-corrected chi connectivity index (χ1v) is 10.8. The highest BCUT2D eigenvalue weighted by molar-refractivity contribution is 5.79. The standard InChI is InChI=1S/C23H37N5O/c1-6-19(4)29-22-16-18(3)10-11-21(22)17-27-23(24-7-2)26-12-8-9-14-28-15-13-25-20(28)5/h10-11,13,15-16,19H,6-9,12,14,17H2,1-5H3,(H2,24,26,27). The molecule has 1 atom stereocenters. The van der Waals surface area contributed by atoms with Crippen LogP contribution in [0.5, 0.6) is 5.75 Å². The minimum absolute atomic E-state index is 0.199. The third kappa shape index (κ3) is 7.80. The molecule has 0 fully saturated rings. The van der Waals surface area contributed by atoms with E-state index in [4.69, 9.17) is 9.73 Å². The summed E-state index contributed by atoms with van der Waals surface area (Å²) in [7, 11) is 0. The van der Waals surface area contributed by atoms with Gasteiger partial charge in [0.1, 0.15) is 11.6 Å². The van der Waals surface area contributed by atoms with Gasteiger partial charge in [-0.25, -0.2) is 9.98 Å². The molecule has 0 aliphatic carbocycles. The molecule has 1 unspecified atom stereocenters. The molecule has 2 N–H and O–H groups in total. The number of hydrogen-bond donors (Lipinski definition) is 2. The number of benzene rings is 1. The first-order valence-electron chi connectivity index (χ1n) is 10.8. The minimum atomic E-state index is 0.199. The predicted octanol–water partition coefficient (Wildman–Crippen LogP) is 4.21. The number of guanidine groups is 1. The fourth-order valence-corrected chi connectivity index (χ4v) is 2.96. The first kappa shape index (κ1) is 22.8. The lowest BCUT2D eigenvalue weighted by molar-refractivity contribution is 0.215. The van der Waals surface area contributed by atoms with Crippen molar-refractivity contribution in [2.45, 2.75) is 73.1 Å². The Morgan fingerprint density at radius 2 is 2.03 bits per heavy atom. The maximum Gasteiger partial charge on any atom is 0.191 e. The second-order valence-electron chi connectivity index (χ2n) is 7.44. The Labute approximate surface area is 175 Å². The zero-order chi connectivity index (χ0) is 21.1. The number of aliphatic imine (C=N–C) groups is 1. The number of nitrogens with one attached hydrogen (secondary N) is 2. The van der Waals surface area contributed by atoms with Crippen molar-refractivity contribution in [2.75, 3.05) is 13.1 Å². The molecule has 0 radical (unpaired) electrons. The van der Waals surface area contributed by atoms with E-state index in [-0.39, 0.29) is 6.10 Å². The van der Waals surface area contributed by atoms with E-state index in [1.165, 1.54) is 5.56 Å². The summed E-state index contributed by atoms with van der Waals surface area (Å²) in [5, 5.41) is 6.77. The highest BCUT2D eigenvalue weighted by Crippen LogP contribution is 2.23. The lowest BCUT2D eigenvalue weighted by atomic mass is 10.1. The van der Waals surface area contributed by atoms with Crippen LogP contribution in [0.4, 0.5) is 0 Å². The Kier molecular flexibility index (Phi) is 9.54. The summed E-state index contributed by atoms with van der Waals surface area (Å²) >= 11 is 0. The Hall–Kier alpha value is -2.50. The third-order valence-electron chi connectivity index (χ3n) is 4.92. The average Bonchev–Trinajstić information content (AvgIpc) is 3.11. The number of unbranched alkanes of at least 4 members (excludes halogenated alkanes) is 1. The van der Waals surface area contributed by atoms with Crippen molar-refractivity contribution < 1.29 is 4.74 Å². The number of aryl methyl sites for hydroxylation is 3. The Balaban J connectivity index is 1.88. The fourth-order valence-electron chi connectivity index (χ4n) is 2.96. The molecule has 0 spiro atoms. The van der Waals surface area contributed by atoms with Gasteiger partial charge in [-0.1, -0.05) is 19.1 Å². The van der Waals surface area contributed by atoms with Gasteiger partial charge in [-0.05, 0) is 58.6 Å². The van der Waals surface area contributed by atoms with Crippen LogP contribution >= 0.6 is 0 Å². The van der Waals surface area contributed by atoms with Crippen molar-refractivity contribution in [3.63, 3.8) is 0 Å². The molecule has 29 heavy (non-hydrogen) atoms. The van der Waals surface area contributed by atoms with Crippen LogP contribution in [0.25, 0.3) is 0 Å². The van der Waals surface area contributed by atoms with Crippen molar-refractivity contribution in [2.24, 2.45) is 4.99 Å². The van der Waals surface area contributed by atoms with Gasteiger partial charge in [0.25, 0.3) is 0 Å². The summed E-state index contributed by atoms with van der Waals surface area (Å²) in [6.45, 7) is 13.8.